The van der Waals surface area contributed by atoms with Gasteiger partial charge in [0.15, 0.2) is 0 Å². The molecule has 10 heteroatoms. The van der Waals surface area contributed by atoms with Crippen molar-refractivity contribution < 1.29 is 24.6 Å². The topological polar surface area (TPSA) is 114 Å². The standard InChI is InChI=1S/C27H28N4O5S/c1-14-20(21(24(34)35)31-22(14)27(3,15(2)32)25(31)36)18-11-17-12-29(13-19(17)37-18)26-28-9-10-30(26)23(33)16-7-5-4-6-8-16/h4-8,11,14-15,22,32H,9-10,12-13H2,1-3H3,(H,34,35)/t14-,15+,22+,27+/m0/s1. The molecule has 2 N–H and O–H groups in total. The molecule has 4 atom stereocenters. The van der Waals surface area contributed by atoms with Gasteiger partial charge in [0.2, 0.25) is 11.9 Å². The first-order valence-electron chi connectivity index (χ1n) is 12.4. The number of β-lactam (4-membered cyclic amide) rings is 1. The Morgan fingerprint density at radius 3 is 2.59 bits per heavy atom. The molecule has 5 heterocycles. The van der Waals surface area contributed by atoms with Gasteiger partial charge >= 0.3 is 5.97 Å². The SMILES string of the molecule is C[C@H]1C(c2cc3c(s2)CN(C2=NCCN2C(=O)c2ccccc2)C3)=C(C(=O)O)N2C(=O)[C@](C)([C@@H](C)O)[C@@H]12. The average Bonchev–Trinajstić information content (AvgIpc) is 3.63. The molecule has 192 valence electrons. The summed E-state index contributed by atoms with van der Waals surface area (Å²) in [6.07, 6.45) is -0.881. The van der Waals surface area contributed by atoms with Crippen molar-refractivity contribution in [3.05, 3.63) is 63.0 Å². The normalized spacial score (nSPS) is 27.3. The number of amides is 2. The summed E-state index contributed by atoms with van der Waals surface area (Å²) in [5, 5.41) is 20.4. The van der Waals surface area contributed by atoms with Crippen LogP contribution < -0.4 is 0 Å². The number of carboxylic acid groups (broad SMARTS) is 1. The maximum atomic E-state index is 13.1. The molecule has 1 saturated heterocycles. The number of carbonyl (C=O) groups excluding carboxylic acids is 2. The molecular weight excluding hydrogens is 492 g/mol. The lowest BCUT2D eigenvalue weighted by Gasteiger charge is -2.54. The molecule has 0 unspecified atom stereocenters. The molecule has 0 aliphatic carbocycles. The van der Waals surface area contributed by atoms with Crippen molar-refractivity contribution in [2.45, 2.75) is 46.0 Å². The summed E-state index contributed by atoms with van der Waals surface area (Å²) in [6, 6.07) is 10.8. The Morgan fingerprint density at radius 1 is 1.22 bits per heavy atom. The summed E-state index contributed by atoms with van der Waals surface area (Å²) in [5.41, 5.74) is 1.37. The minimum atomic E-state index is -1.13. The van der Waals surface area contributed by atoms with Crippen LogP contribution in [0.5, 0.6) is 0 Å². The molecule has 37 heavy (non-hydrogen) atoms. The van der Waals surface area contributed by atoms with Crippen LogP contribution in [-0.4, -0.2) is 73.9 Å². The second-order valence-corrected chi connectivity index (χ2v) is 11.5. The number of aliphatic imine (C=N–C) groups is 1. The molecule has 6 rings (SSSR count). The van der Waals surface area contributed by atoms with Gasteiger partial charge in [0.1, 0.15) is 5.70 Å². The van der Waals surface area contributed by atoms with E-state index in [4.69, 9.17) is 0 Å². The van der Waals surface area contributed by atoms with E-state index in [2.05, 4.69) is 9.89 Å². The predicted octanol–water partition coefficient (Wildman–Crippen LogP) is 2.62. The number of carbonyl (C=O) groups is 3. The van der Waals surface area contributed by atoms with Crippen LogP contribution >= 0.6 is 11.3 Å². The molecule has 2 amide bonds. The molecule has 4 aliphatic heterocycles. The minimum absolute atomic E-state index is 0.0252. The Hall–Kier alpha value is -3.50. The van der Waals surface area contributed by atoms with Crippen LogP contribution in [0.4, 0.5) is 0 Å². The average molecular weight is 521 g/mol. The second kappa shape index (κ2) is 8.26. The van der Waals surface area contributed by atoms with Crippen molar-refractivity contribution in [3.8, 4) is 0 Å². The van der Waals surface area contributed by atoms with Gasteiger partial charge in [0.25, 0.3) is 5.91 Å². The molecule has 0 spiro atoms. The largest absolute Gasteiger partial charge is 0.477 e. The van der Waals surface area contributed by atoms with Gasteiger partial charge in [-0.3, -0.25) is 19.5 Å². The Labute approximate surface area is 218 Å². The lowest BCUT2D eigenvalue weighted by atomic mass is 9.65. The highest BCUT2D eigenvalue weighted by Gasteiger charge is 2.67. The summed E-state index contributed by atoms with van der Waals surface area (Å²) in [5.74, 6) is -1.10. The van der Waals surface area contributed by atoms with E-state index in [0.29, 0.717) is 43.3 Å². The van der Waals surface area contributed by atoms with E-state index in [1.165, 1.54) is 16.2 Å². The van der Waals surface area contributed by atoms with E-state index < -0.39 is 17.5 Å². The lowest BCUT2D eigenvalue weighted by Crippen LogP contribution is -2.70. The van der Waals surface area contributed by atoms with Crippen LogP contribution in [0.15, 0.2) is 47.1 Å². The number of rotatable bonds is 4. The summed E-state index contributed by atoms with van der Waals surface area (Å²) in [6.45, 7) is 7.50. The molecule has 1 aromatic carbocycles. The molecule has 1 fully saturated rings. The first kappa shape index (κ1) is 23.9. The summed E-state index contributed by atoms with van der Waals surface area (Å²) < 4.78 is 0. The van der Waals surface area contributed by atoms with Crippen LogP contribution in [0, 0.1) is 11.3 Å². The van der Waals surface area contributed by atoms with Gasteiger partial charge in [-0.15, -0.1) is 11.3 Å². The molecule has 9 nitrogen and oxygen atoms in total. The number of nitrogens with zero attached hydrogens (tertiary/aromatic N) is 4. The number of benzene rings is 1. The van der Waals surface area contributed by atoms with E-state index in [-0.39, 0.29) is 29.5 Å². The zero-order chi connectivity index (χ0) is 26.2. The Morgan fingerprint density at radius 2 is 1.95 bits per heavy atom. The number of thiophene rings is 1. The van der Waals surface area contributed by atoms with E-state index >= 15 is 0 Å². The molecule has 0 radical (unpaired) electrons. The van der Waals surface area contributed by atoms with Gasteiger partial charge < -0.3 is 20.0 Å². The van der Waals surface area contributed by atoms with Crippen molar-refractivity contribution >= 4 is 40.7 Å². The van der Waals surface area contributed by atoms with Gasteiger partial charge in [-0.25, -0.2) is 4.79 Å². The number of hydrogen-bond donors (Lipinski definition) is 2. The molecule has 1 aromatic heterocycles. The third kappa shape index (κ3) is 3.25. The zero-order valence-electron chi connectivity index (χ0n) is 20.8. The quantitative estimate of drug-likeness (QED) is 0.600. The molecule has 4 aliphatic rings. The number of carboxylic acids is 1. The number of aliphatic hydroxyl groups is 1. The van der Waals surface area contributed by atoms with Gasteiger partial charge in [0.05, 0.1) is 30.7 Å². The monoisotopic (exact) mass is 520 g/mol. The number of fused-ring (bicyclic) bond motifs is 2. The Bertz CT molecular complexity index is 1370. The fourth-order valence-corrected chi connectivity index (χ4v) is 7.60. The summed E-state index contributed by atoms with van der Waals surface area (Å²) in [4.78, 5) is 50.1. The number of hydrogen-bond acceptors (Lipinski definition) is 7. The second-order valence-electron chi connectivity index (χ2n) is 10.4. The first-order chi connectivity index (χ1) is 17.6. The van der Waals surface area contributed by atoms with Crippen molar-refractivity contribution in [1.82, 2.24) is 14.7 Å². The smallest absolute Gasteiger partial charge is 0.352 e. The van der Waals surface area contributed by atoms with E-state index in [0.717, 1.165) is 15.3 Å². The summed E-state index contributed by atoms with van der Waals surface area (Å²) >= 11 is 1.53. The van der Waals surface area contributed by atoms with Gasteiger partial charge in [-0.1, -0.05) is 25.1 Å². The fraction of sp³-hybridized carbons (Fsp3) is 0.407. The van der Waals surface area contributed by atoms with Gasteiger partial charge in [0, 0.05) is 39.9 Å². The number of aliphatic hydroxyl groups excluding tert-OH is 1. The van der Waals surface area contributed by atoms with Crippen LogP contribution in [0.25, 0.3) is 5.57 Å². The lowest BCUT2D eigenvalue weighted by molar-refractivity contribution is -0.180. The molecule has 2 aromatic rings. The van der Waals surface area contributed by atoms with Crippen LogP contribution in [0.3, 0.4) is 0 Å². The van der Waals surface area contributed by atoms with Crippen molar-refractivity contribution in [1.29, 1.82) is 0 Å². The van der Waals surface area contributed by atoms with Crippen LogP contribution in [-0.2, 0) is 22.7 Å². The zero-order valence-corrected chi connectivity index (χ0v) is 21.7. The maximum absolute atomic E-state index is 13.1. The first-order valence-corrected chi connectivity index (χ1v) is 13.2. The van der Waals surface area contributed by atoms with Crippen LogP contribution in [0.2, 0.25) is 0 Å². The van der Waals surface area contributed by atoms with E-state index in [9.17, 15) is 24.6 Å². The highest BCUT2D eigenvalue weighted by molar-refractivity contribution is 7.13. The highest BCUT2D eigenvalue weighted by atomic mass is 32.1. The fourth-order valence-electron chi connectivity index (χ4n) is 6.26. The predicted molar refractivity (Wildman–Crippen MR) is 137 cm³/mol. The summed E-state index contributed by atoms with van der Waals surface area (Å²) in [7, 11) is 0. The molecule has 0 bridgehead atoms. The van der Waals surface area contributed by atoms with Gasteiger partial charge in [-0.05, 0) is 37.6 Å². The number of aliphatic carboxylic acids is 1. The highest BCUT2D eigenvalue weighted by Crippen LogP contribution is 2.57. The van der Waals surface area contributed by atoms with Crippen molar-refractivity contribution in [2.24, 2.45) is 16.3 Å². The Kier molecular flexibility index (Phi) is 5.33. The van der Waals surface area contributed by atoms with E-state index in [1.807, 2.05) is 31.2 Å². The molecular formula is C27H28N4O5S. The maximum Gasteiger partial charge on any atom is 0.352 e. The van der Waals surface area contributed by atoms with Gasteiger partial charge in [-0.2, -0.15) is 0 Å². The van der Waals surface area contributed by atoms with Crippen LogP contribution in [0.1, 0.15) is 46.4 Å². The van der Waals surface area contributed by atoms with Crippen molar-refractivity contribution in [2.75, 3.05) is 13.1 Å². The van der Waals surface area contributed by atoms with Crippen molar-refractivity contribution in [3.63, 3.8) is 0 Å². The molecule has 0 saturated carbocycles. The Balaban J connectivity index is 1.26. The minimum Gasteiger partial charge on any atom is -0.477 e. The third-order valence-corrected chi connectivity index (χ3v) is 9.49. The number of guanidine groups is 1. The van der Waals surface area contributed by atoms with E-state index in [1.54, 1.807) is 30.9 Å². The third-order valence-electron chi connectivity index (χ3n) is 8.29.